The normalized spacial score (nSPS) is 25.2. The van der Waals surface area contributed by atoms with Crippen molar-refractivity contribution in [2.45, 2.75) is 76.9 Å². The molecule has 0 bridgehead atoms. The second-order valence-electron chi connectivity index (χ2n) is 9.09. The number of hydrogen-bond acceptors (Lipinski definition) is 5. The van der Waals surface area contributed by atoms with Crippen molar-refractivity contribution in [3.63, 3.8) is 0 Å². The number of carbonyl (C=O) groups is 1. The van der Waals surface area contributed by atoms with Crippen LogP contribution in [0.2, 0.25) is 0 Å². The van der Waals surface area contributed by atoms with Crippen LogP contribution in [0.4, 0.5) is 0 Å². The Labute approximate surface area is 179 Å². The zero-order chi connectivity index (χ0) is 20.9. The second kappa shape index (κ2) is 10.1. The van der Waals surface area contributed by atoms with Gasteiger partial charge in [-0.2, -0.15) is 0 Å². The van der Waals surface area contributed by atoms with Gasteiger partial charge < -0.3 is 9.64 Å². The van der Waals surface area contributed by atoms with Gasteiger partial charge in [0.25, 0.3) is 5.56 Å². The zero-order valence-electron chi connectivity index (χ0n) is 18.4. The summed E-state index contributed by atoms with van der Waals surface area (Å²) in [5.74, 6) is 1.31. The van der Waals surface area contributed by atoms with Gasteiger partial charge in [0, 0.05) is 51.2 Å². The van der Waals surface area contributed by atoms with E-state index >= 15 is 0 Å². The molecule has 7 heteroatoms. The predicted molar refractivity (Wildman–Crippen MR) is 116 cm³/mol. The Hall–Kier alpha value is -1.73. The van der Waals surface area contributed by atoms with Crippen LogP contribution in [0.25, 0.3) is 0 Å². The van der Waals surface area contributed by atoms with Gasteiger partial charge in [-0.3, -0.25) is 19.1 Å². The maximum atomic E-state index is 12.9. The van der Waals surface area contributed by atoms with E-state index in [4.69, 9.17) is 9.72 Å². The van der Waals surface area contributed by atoms with E-state index in [0.717, 1.165) is 95.7 Å². The number of likely N-dealkylation sites (tertiary alicyclic amines) is 2. The minimum absolute atomic E-state index is 0.0770. The van der Waals surface area contributed by atoms with Crippen molar-refractivity contribution in [3.8, 4) is 0 Å². The first-order valence-corrected chi connectivity index (χ1v) is 11.9. The first kappa shape index (κ1) is 21.5. The number of aromatic nitrogens is 2. The fourth-order valence-corrected chi connectivity index (χ4v) is 5.04. The van der Waals surface area contributed by atoms with Crippen LogP contribution >= 0.6 is 0 Å². The van der Waals surface area contributed by atoms with Gasteiger partial charge in [0.15, 0.2) is 0 Å². The molecule has 1 amide bonds. The Morgan fingerprint density at radius 2 is 2.03 bits per heavy atom. The lowest BCUT2D eigenvalue weighted by Gasteiger charge is -2.33. The highest BCUT2D eigenvalue weighted by Gasteiger charge is 2.31. The average molecular weight is 417 g/mol. The summed E-state index contributed by atoms with van der Waals surface area (Å²) in [6, 6.07) is 1.72. The molecular formula is C23H36N4O3. The van der Waals surface area contributed by atoms with E-state index in [1.165, 1.54) is 0 Å². The summed E-state index contributed by atoms with van der Waals surface area (Å²) in [5.41, 5.74) is 0.961. The molecule has 7 nitrogen and oxygen atoms in total. The molecule has 0 aromatic carbocycles. The van der Waals surface area contributed by atoms with Crippen molar-refractivity contribution in [2.75, 3.05) is 39.3 Å². The third-order valence-electron chi connectivity index (χ3n) is 6.73. The molecule has 0 saturated carbocycles. The molecule has 30 heavy (non-hydrogen) atoms. The fourth-order valence-electron chi connectivity index (χ4n) is 5.04. The van der Waals surface area contributed by atoms with Gasteiger partial charge in [0.1, 0.15) is 5.82 Å². The van der Waals surface area contributed by atoms with E-state index in [9.17, 15) is 9.59 Å². The number of carbonyl (C=O) groups excluding carboxylic acids is 1. The molecule has 2 fully saturated rings. The molecule has 0 radical (unpaired) electrons. The highest BCUT2D eigenvalue weighted by molar-refractivity contribution is 5.78. The molecule has 2 atom stereocenters. The topological polar surface area (TPSA) is 67.7 Å². The average Bonchev–Trinajstić information content (AvgIpc) is 3.12. The van der Waals surface area contributed by atoms with E-state index in [1.54, 1.807) is 6.07 Å². The quantitative estimate of drug-likeness (QED) is 0.711. The van der Waals surface area contributed by atoms with Crippen molar-refractivity contribution in [1.29, 1.82) is 0 Å². The molecule has 166 valence electrons. The summed E-state index contributed by atoms with van der Waals surface area (Å²) in [6.07, 6.45) is 8.57. The molecule has 4 heterocycles. The fraction of sp³-hybridized carbons (Fsp3) is 0.783. The minimum Gasteiger partial charge on any atom is -0.377 e. The number of rotatable bonds is 6. The van der Waals surface area contributed by atoms with Crippen molar-refractivity contribution >= 4 is 5.91 Å². The predicted octanol–water partition coefficient (Wildman–Crippen LogP) is 2.18. The summed E-state index contributed by atoms with van der Waals surface area (Å²) in [4.78, 5) is 34.6. The van der Waals surface area contributed by atoms with Gasteiger partial charge in [-0.15, -0.1) is 0 Å². The maximum absolute atomic E-state index is 12.9. The Bertz CT molecular complexity index is 793. The molecule has 1 aromatic heterocycles. The lowest BCUT2D eigenvalue weighted by atomic mass is 10.0. The molecule has 3 aliphatic heterocycles. The van der Waals surface area contributed by atoms with Gasteiger partial charge in [0.05, 0.1) is 18.3 Å². The standard InChI is InChI=1S/C23H36N4O3/c1-2-13-30-19-7-6-10-25(16-19)17-23(29)26-12-9-18(15-26)20-14-22(28)27-11-5-3-4-8-21(27)24-20/h14,18-19H,2-13,15-17H2,1H3/t18-,19-/m0/s1. The van der Waals surface area contributed by atoms with Crippen LogP contribution in [0.5, 0.6) is 0 Å². The van der Waals surface area contributed by atoms with Crippen LogP contribution in [-0.4, -0.2) is 70.7 Å². The van der Waals surface area contributed by atoms with E-state index in [-0.39, 0.29) is 23.5 Å². The zero-order valence-corrected chi connectivity index (χ0v) is 18.4. The van der Waals surface area contributed by atoms with Crippen molar-refractivity contribution in [1.82, 2.24) is 19.4 Å². The highest BCUT2D eigenvalue weighted by atomic mass is 16.5. The summed E-state index contributed by atoms with van der Waals surface area (Å²) >= 11 is 0. The molecule has 0 N–H and O–H groups in total. The van der Waals surface area contributed by atoms with Crippen LogP contribution in [0.3, 0.4) is 0 Å². The molecule has 4 rings (SSSR count). The van der Waals surface area contributed by atoms with Gasteiger partial charge in [-0.05, 0) is 45.1 Å². The SMILES string of the molecule is CCCO[C@H]1CCCN(CC(=O)N2CC[C@H](c3cc(=O)n4c(n3)CCCCC4)C2)C1. The Morgan fingerprint density at radius 3 is 2.90 bits per heavy atom. The Balaban J connectivity index is 1.34. The van der Waals surface area contributed by atoms with Crippen LogP contribution in [-0.2, 0) is 22.5 Å². The summed E-state index contributed by atoms with van der Waals surface area (Å²) in [5, 5.41) is 0. The summed E-state index contributed by atoms with van der Waals surface area (Å²) in [6.45, 7) is 7.44. The maximum Gasteiger partial charge on any atom is 0.253 e. The third kappa shape index (κ3) is 5.11. The molecule has 1 aromatic rings. The van der Waals surface area contributed by atoms with Crippen molar-refractivity contribution < 1.29 is 9.53 Å². The minimum atomic E-state index is 0.0770. The van der Waals surface area contributed by atoms with Gasteiger partial charge >= 0.3 is 0 Å². The first-order valence-electron chi connectivity index (χ1n) is 11.9. The molecule has 0 aliphatic carbocycles. The lowest BCUT2D eigenvalue weighted by molar-refractivity contribution is -0.132. The van der Waals surface area contributed by atoms with Crippen LogP contribution in [0.15, 0.2) is 10.9 Å². The Morgan fingerprint density at radius 1 is 1.13 bits per heavy atom. The largest absolute Gasteiger partial charge is 0.377 e. The number of hydrogen-bond donors (Lipinski definition) is 0. The van der Waals surface area contributed by atoms with Gasteiger partial charge in [-0.1, -0.05) is 13.3 Å². The van der Waals surface area contributed by atoms with Gasteiger partial charge in [0.2, 0.25) is 5.91 Å². The van der Waals surface area contributed by atoms with Crippen LogP contribution in [0, 0.1) is 0 Å². The van der Waals surface area contributed by atoms with Crippen molar-refractivity contribution in [3.05, 3.63) is 27.9 Å². The van der Waals surface area contributed by atoms with E-state index < -0.39 is 0 Å². The van der Waals surface area contributed by atoms with Crippen molar-refractivity contribution in [2.24, 2.45) is 0 Å². The van der Waals surface area contributed by atoms with Gasteiger partial charge in [-0.25, -0.2) is 4.98 Å². The lowest BCUT2D eigenvalue weighted by Crippen LogP contribution is -2.45. The second-order valence-corrected chi connectivity index (χ2v) is 9.09. The number of amides is 1. The molecule has 0 unspecified atom stereocenters. The molecular weight excluding hydrogens is 380 g/mol. The number of piperidine rings is 1. The molecule has 2 saturated heterocycles. The number of nitrogens with zero attached hydrogens (tertiary/aromatic N) is 4. The summed E-state index contributed by atoms with van der Waals surface area (Å²) < 4.78 is 7.75. The highest BCUT2D eigenvalue weighted by Crippen LogP contribution is 2.26. The molecule has 0 spiro atoms. The molecule has 3 aliphatic rings. The Kier molecular flexibility index (Phi) is 7.20. The first-order chi connectivity index (χ1) is 14.6. The van der Waals surface area contributed by atoms with Crippen LogP contribution in [0.1, 0.15) is 69.3 Å². The van der Waals surface area contributed by atoms with E-state index in [0.29, 0.717) is 13.1 Å². The third-order valence-corrected chi connectivity index (χ3v) is 6.73. The number of ether oxygens (including phenoxy) is 1. The number of fused-ring (bicyclic) bond motifs is 1. The number of aryl methyl sites for hydroxylation is 1. The monoisotopic (exact) mass is 416 g/mol. The summed E-state index contributed by atoms with van der Waals surface area (Å²) in [7, 11) is 0. The van der Waals surface area contributed by atoms with E-state index in [2.05, 4.69) is 11.8 Å². The van der Waals surface area contributed by atoms with E-state index in [1.807, 2.05) is 9.47 Å². The smallest absolute Gasteiger partial charge is 0.253 e. The van der Waals surface area contributed by atoms with Crippen LogP contribution < -0.4 is 5.56 Å².